The summed E-state index contributed by atoms with van der Waals surface area (Å²) in [5, 5.41) is 14.7. The fraction of sp³-hybridized carbons (Fsp3) is 0.267. The molecule has 5 nitrogen and oxygen atoms in total. The first-order valence-electron chi connectivity index (χ1n) is 6.60. The molecule has 2 N–H and O–H groups in total. The molecule has 0 bridgehead atoms. The second kappa shape index (κ2) is 6.99. The summed E-state index contributed by atoms with van der Waals surface area (Å²) in [6.45, 7) is 2.44. The highest BCUT2D eigenvalue weighted by Gasteiger charge is 2.08. The lowest BCUT2D eigenvalue weighted by Gasteiger charge is -2.04. The molecule has 2 aromatic rings. The highest BCUT2D eigenvalue weighted by Crippen LogP contribution is 2.10. The number of aromatic carboxylic acids is 1. The molecule has 1 heterocycles. The number of carboxylic acids is 1. The van der Waals surface area contributed by atoms with Crippen molar-refractivity contribution in [3.05, 3.63) is 51.5 Å². The largest absolute Gasteiger partial charge is 0.478 e. The third-order valence-corrected chi connectivity index (χ3v) is 3.95. The second-order valence-electron chi connectivity index (χ2n) is 4.55. The lowest BCUT2D eigenvalue weighted by Crippen LogP contribution is -2.24. The van der Waals surface area contributed by atoms with Gasteiger partial charge < -0.3 is 10.4 Å². The Hall–Kier alpha value is -2.21. The number of nitrogens with one attached hydrogen (secondary N) is 1. The minimum atomic E-state index is -0.994. The van der Waals surface area contributed by atoms with Crippen LogP contribution in [0.1, 0.15) is 33.5 Å². The number of aryl methyl sites for hydroxylation is 1. The molecule has 0 saturated carbocycles. The van der Waals surface area contributed by atoms with E-state index in [4.69, 9.17) is 5.11 Å². The summed E-state index contributed by atoms with van der Waals surface area (Å²) in [4.78, 5) is 27.1. The van der Waals surface area contributed by atoms with Crippen LogP contribution in [0.15, 0.2) is 29.6 Å². The van der Waals surface area contributed by atoms with Gasteiger partial charge in [-0.25, -0.2) is 9.78 Å². The zero-order valence-electron chi connectivity index (χ0n) is 11.6. The van der Waals surface area contributed by atoms with E-state index in [1.165, 1.54) is 12.1 Å². The molecule has 2 rings (SSSR count). The van der Waals surface area contributed by atoms with Gasteiger partial charge in [0.1, 0.15) is 0 Å². The molecule has 0 unspecified atom stereocenters. The van der Waals surface area contributed by atoms with E-state index in [0.29, 0.717) is 12.1 Å². The lowest BCUT2D eigenvalue weighted by atomic mass is 10.1. The van der Waals surface area contributed by atoms with Crippen LogP contribution in [-0.4, -0.2) is 22.0 Å². The van der Waals surface area contributed by atoms with Gasteiger partial charge in [-0.15, -0.1) is 11.3 Å². The van der Waals surface area contributed by atoms with Gasteiger partial charge in [0.25, 0.3) is 0 Å². The van der Waals surface area contributed by atoms with E-state index in [1.54, 1.807) is 23.5 Å². The van der Waals surface area contributed by atoms with Gasteiger partial charge in [0, 0.05) is 5.38 Å². The standard InChI is InChI=1S/C15H16N2O3S/c1-2-14-17-12(9-21-14)8-16-13(18)7-10-4-3-5-11(6-10)15(19)20/h3-6,9H,2,7-8H2,1H3,(H,16,18)(H,19,20). The van der Waals surface area contributed by atoms with Gasteiger partial charge in [0.2, 0.25) is 5.91 Å². The Balaban J connectivity index is 1.89. The van der Waals surface area contributed by atoms with E-state index >= 15 is 0 Å². The molecule has 0 saturated heterocycles. The maximum absolute atomic E-state index is 11.9. The molecular weight excluding hydrogens is 288 g/mol. The average molecular weight is 304 g/mol. The van der Waals surface area contributed by atoms with Crippen molar-refractivity contribution >= 4 is 23.2 Å². The predicted molar refractivity (Wildman–Crippen MR) is 80.4 cm³/mol. The van der Waals surface area contributed by atoms with Gasteiger partial charge >= 0.3 is 5.97 Å². The monoisotopic (exact) mass is 304 g/mol. The topological polar surface area (TPSA) is 79.3 Å². The van der Waals surface area contributed by atoms with Crippen molar-refractivity contribution in [1.29, 1.82) is 0 Å². The van der Waals surface area contributed by atoms with Crippen LogP contribution in [0.5, 0.6) is 0 Å². The highest BCUT2D eigenvalue weighted by atomic mass is 32.1. The Morgan fingerprint density at radius 3 is 2.86 bits per heavy atom. The number of carbonyl (C=O) groups is 2. The molecule has 0 aliphatic heterocycles. The van der Waals surface area contributed by atoms with E-state index in [0.717, 1.165) is 17.1 Å². The molecule has 1 aromatic carbocycles. The number of benzene rings is 1. The third-order valence-electron chi connectivity index (χ3n) is 2.91. The second-order valence-corrected chi connectivity index (χ2v) is 5.49. The summed E-state index contributed by atoms with van der Waals surface area (Å²) in [5.74, 6) is -1.14. The maximum Gasteiger partial charge on any atom is 0.335 e. The fourth-order valence-corrected chi connectivity index (χ4v) is 2.59. The molecule has 0 atom stereocenters. The first kappa shape index (κ1) is 15.2. The van der Waals surface area contributed by atoms with Crippen LogP contribution in [0.2, 0.25) is 0 Å². The van der Waals surface area contributed by atoms with Gasteiger partial charge in [0.15, 0.2) is 0 Å². The molecular formula is C15H16N2O3S. The summed E-state index contributed by atoms with van der Waals surface area (Å²) >= 11 is 1.58. The van der Waals surface area contributed by atoms with Crippen molar-refractivity contribution in [2.24, 2.45) is 0 Å². The van der Waals surface area contributed by atoms with Crippen LogP contribution < -0.4 is 5.32 Å². The van der Waals surface area contributed by atoms with Gasteiger partial charge in [0.05, 0.1) is 29.2 Å². The zero-order valence-corrected chi connectivity index (χ0v) is 12.4. The maximum atomic E-state index is 11.9. The highest BCUT2D eigenvalue weighted by molar-refractivity contribution is 7.09. The lowest BCUT2D eigenvalue weighted by molar-refractivity contribution is -0.120. The smallest absolute Gasteiger partial charge is 0.335 e. The minimum absolute atomic E-state index is 0.149. The van der Waals surface area contributed by atoms with Crippen molar-refractivity contribution in [3.8, 4) is 0 Å². The number of hydrogen-bond donors (Lipinski definition) is 2. The molecule has 6 heteroatoms. The third kappa shape index (κ3) is 4.39. The fourth-order valence-electron chi connectivity index (χ4n) is 1.84. The van der Waals surface area contributed by atoms with Crippen LogP contribution in [0, 0.1) is 0 Å². The molecule has 21 heavy (non-hydrogen) atoms. The van der Waals surface area contributed by atoms with Crippen molar-refractivity contribution in [2.45, 2.75) is 26.3 Å². The molecule has 0 spiro atoms. The molecule has 1 aromatic heterocycles. The molecule has 1 amide bonds. The minimum Gasteiger partial charge on any atom is -0.478 e. The van der Waals surface area contributed by atoms with Crippen molar-refractivity contribution < 1.29 is 14.7 Å². The predicted octanol–water partition coefficient (Wildman–Crippen LogP) is 2.26. The number of nitrogens with zero attached hydrogens (tertiary/aromatic N) is 1. The molecule has 0 aliphatic rings. The quantitative estimate of drug-likeness (QED) is 0.858. The number of carboxylic acid groups (broad SMARTS) is 1. The van der Waals surface area contributed by atoms with Crippen molar-refractivity contribution in [3.63, 3.8) is 0 Å². The van der Waals surface area contributed by atoms with E-state index in [1.807, 2.05) is 12.3 Å². The Morgan fingerprint density at radius 2 is 2.19 bits per heavy atom. The van der Waals surface area contributed by atoms with Crippen LogP contribution in [-0.2, 0) is 24.2 Å². The number of amides is 1. The number of thiazole rings is 1. The molecule has 0 radical (unpaired) electrons. The zero-order chi connectivity index (χ0) is 15.2. The normalized spacial score (nSPS) is 10.3. The Labute approximate surface area is 126 Å². The van der Waals surface area contributed by atoms with Crippen LogP contribution in [0.3, 0.4) is 0 Å². The molecule has 110 valence electrons. The Morgan fingerprint density at radius 1 is 1.38 bits per heavy atom. The first-order valence-corrected chi connectivity index (χ1v) is 7.48. The summed E-state index contributed by atoms with van der Waals surface area (Å²) in [5.41, 5.74) is 1.72. The van der Waals surface area contributed by atoms with Crippen molar-refractivity contribution in [1.82, 2.24) is 10.3 Å². The number of aromatic nitrogens is 1. The van der Waals surface area contributed by atoms with Gasteiger partial charge in [-0.05, 0) is 24.1 Å². The van der Waals surface area contributed by atoms with Gasteiger partial charge in [-0.1, -0.05) is 19.1 Å². The van der Waals surface area contributed by atoms with Crippen LogP contribution in [0.4, 0.5) is 0 Å². The van der Waals surface area contributed by atoms with E-state index in [2.05, 4.69) is 10.3 Å². The first-order chi connectivity index (χ1) is 10.1. The molecule has 0 fully saturated rings. The van der Waals surface area contributed by atoms with Crippen LogP contribution in [0.25, 0.3) is 0 Å². The number of carbonyl (C=O) groups excluding carboxylic acids is 1. The van der Waals surface area contributed by atoms with E-state index < -0.39 is 5.97 Å². The van der Waals surface area contributed by atoms with Crippen molar-refractivity contribution in [2.75, 3.05) is 0 Å². The summed E-state index contributed by atoms with van der Waals surface area (Å²) < 4.78 is 0. The Bertz CT molecular complexity index is 652. The van der Waals surface area contributed by atoms with Gasteiger partial charge in [-0.3, -0.25) is 4.79 Å². The van der Waals surface area contributed by atoms with E-state index in [9.17, 15) is 9.59 Å². The number of hydrogen-bond acceptors (Lipinski definition) is 4. The SMILES string of the molecule is CCc1nc(CNC(=O)Cc2cccc(C(=O)O)c2)cs1. The molecule has 0 aliphatic carbocycles. The summed E-state index contributed by atoms with van der Waals surface area (Å²) in [6, 6.07) is 6.40. The van der Waals surface area contributed by atoms with Crippen LogP contribution >= 0.6 is 11.3 Å². The average Bonchev–Trinajstić information content (AvgIpc) is 2.93. The number of rotatable bonds is 6. The summed E-state index contributed by atoms with van der Waals surface area (Å²) in [7, 11) is 0. The van der Waals surface area contributed by atoms with E-state index in [-0.39, 0.29) is 17.9 Å². The Kier molecular flexibility index (Phi) is 5.05. The van der Waals surface area contributed by atoms with Gasteiger partial charge in [-0.2, -0.15) is 0 Å². The summed E-state index contributed by atoms with van der Waals surface area (Å²) in [6.07, 6.45) is 1.05.